The number of fused-ring (bicyclic) bond motifs is 5. The first-order valence-electron chi connectivity index (χ1n) is 7.17. The molecule has 0 nitrogen and oxygen atoms in total. The predicted octanol–water partition coefficient (Wildman–Crippen LogP) is 4.85. The molecule has 0 aliphatic heterocycles. The Kier molecular flexibility index (Phi) is 2.52. The van der Waals surface area contributed by atoms with Crippen molar-refractivity contribution in [2.45, 2.75) is 31.6 Å². The van der Waals surface area contributed by atoms with Gasteiger partial charge in [0.1, 0.15) is 11.6 Å². The molecule has 0 heterocycles. The molecular formula is C16H17ClF2. The smallest absolute Gasteiger partial charge is 0.130 e. The summed E-state index contributed by atoms with van der Waals surface area (Å²) in [4.78, 5) is 0. The van der Waals surface area contributed by atoms with E-state index in [-0.39, 0.29) is 5.38 Å². The molecule has 1 aromatic carbocycles. The normalized spacial score (nSPS) is 40.3. The minimum atomic E-state index is -0.486. The molecule has 102 valence electrons. The third kappa shape index (κ3) is 1.62. The van der Waals surface area contributed by atoms with E-state index in [9.17, 15) is 8.78 Å². The van der Waals surface area contributed by atoms with Gasteiger partial charge in [0, 0.05) is 11.6 Å². The molecule has 3 heteroatoms. The maximum Gasteiger partial charge on any atom is 0.130 e. The summed E-state index contributed by atoms with van der Waals surface area (Å²) in [5.41, 5.74) is 0.982. The molecule has 0 amide bonds. The van der Waals surface area contributed by atoms with Crippen molar-refractivity contribution >= 4 is 11.6 Å². The summed E-state index contributed by atoms with van der Waals surface area (Å²) in [6, 6.07) is 2.57. The minimum Gasteiger partial charge on any atom is -0.207 e. The van der Waals surface area contributed by atoms with Gasteiger partial charge in [-0.15, -0.1) is 11.6 Å². The Bertz CT molecular complexity index is 526. The number of halogens is 3. The largest absolute Gasteiger partial charge is 0.207 e. The fraction of sp³-hybridized carbons (Fsp3) is 0.625. The highest BCUT2D eigenvalue weighted by Gasteiger charge is 2.66. The van der Waals surface area contributed by atoms with Crippen molar-refractivity contribution in [2.24, 2.45) is 29.6 Å². The van der Waals surface area contributed by atoms with Gasteiger partial charge in [0.25, 0.3) is 0 Å². The lowest BCUT2D eigenvalue weighted by molar-refractivity contribution is 0.448. The number of rotatable bonds is 2. The Hall–Kier alpha value is -0.630. The van der Waals surface area contributed by atoms with E-state index >= 15 is 0 Å². The van der Waals surface area contributed by atoms with E-state index in [1.807, 2.05) is 0 Å². The highest BCUT2D eigenvalue weighted by Crippen LogP contribution is 2.73. The summed E-state index contributed by atoms with van der Waals surface area (Å²) in [7, 11) is 0. The summed E-state index contributed by atoms with van der Waals surface area (Å²) in [5.74, 6) is 2.53. The van der Waals surface area contributed by atoms with Crippen molar-refractivity contribution in [3.63, 3.8) is 0 Å². The van der Waals surface area contributed by atoms with Gasteiger partial charge in [-0.3, -0.25) is 0 Å². The molecule has 3 fully saturated rings. The maximum absolute atomic E-state index is 13.9. The van der Waals surface area contributed by atoms with Gasteiger partial charge in [-0.05, 0) is 67.4 Å². The van der Waals surface area contributed by atoms with Crippen molar-refractivity contribution in [3.05, 3.63) is 34.9 Å². The second kappa shape index (κ2) is 3.94. The number of hydrogen-bond acceptors (Lipinski definition) is 0. The molecule has 5 unspecified atom stereocenters. The fourth-order valence-corrected chi connectivity index (χ4v) is 5.39. The van der Waals surface area contributed by atoms with Gasteiger partial charge >= 0.3 is 0 Å². The van der Waals surface area contributed by atoms with Crippen LogP contribution in [0.5, 0.6) is 0 Å². The van der Waals surface area contributed by atoms with E-state index in [0.29, 0.717) is 28.9 Å². The van der Waals surface area contributed by atoms with Crippen molar-refractivity contribution in [2.75, 3.05) is 0 Å². The van der Waals surface area contributed by atoms with Crippen molar-refractivity contribution in [1.82, 2.24) is 0 Å². The first kappa shape index (κ1) is 12.1. The van der Waals surface area contributed by atoms with Gasteiger partial charge < -0.3 is 0 Å². The molecule has 3 aliphatic carbocycles. The van der Waals surface area contributed by atoms with E-state index in [0.717, 1.165) is 17.9 Å². The molecule has 3 aliphatic rings. The summed E-state index contributed by atoms with van der Waals surface area (Å²) in [6.45, 7) is 1.67. The zero-order valence-corrected chi connectivity index (χ0v) is 11.6. The number of aryl methyl sites for hydroxylation is 1. The summed E-state index contributed by atoms with van der Waals surface area (Å²) in [6.07, 6.45) is 4.02. The van der Waals surface area contributed by atoms with Gasteiger partial charge in [-0.1, -0.05) is 0 Å². The van der Waals surface area contributed by atoms with Gasteiger partial charge in [-0.2, -0.15) is 0 Å². The Balaban J connectivity index is 1.62. The molecule has 1 aromatic rings. The third-order valence-electron chi connectivity index (χ3n) is 5.71. The third-order valence-corrected chi connectivity index (χ3v) is 6.23. The van der Waals surface area contributed by atoms with Crippen LogP contribution in [0, 0.1) is 48.1 Å². The summed E-state index contributed by atoms with van der Waals surface area (Å²) >= 11 is 6.53. The first-order chi connectivity index (χ1) is 9.08. The van der Waals surface area contributed by atoms with Crippen LogP contribution in [0.3, 0.4) is 0 Å². The highest BCUT2D eigenvalue weighted by atomic mass is 35.5. The van der Waals surface area contributed by atoms with Crippen LogP contribution < -0.4 is 0 Å². The lowest BCUT2D eigenvalue weighted by Gasteiger charge is -2.16. The van der Waals surface area contributed by atoms with E-state index in [4.69, 9.17) is 11.6 Å². The van der Waals surface area contributed by atoms with Crippen LogP contribution in [0.4, 0.5) is 8.78 Å². The highest BCUT2D eigenvalue weighted by molar-refractivity contribution is 6.21. The van der Waals surface area contributed by atoms with E-state index < -0.39 is 11.6 Å². The monoisotopic (exact) mass is 282 g/mol. The summed E-state index contributed by atoms with van der Waals surface area (Å²) < 4.78 is 27.3. The average Bonchev–Trinajstić information content (AvgIpc) is 2.81. The molecule has 2 bridgehead atoms. The van der Waals surface area contributed by atoms with Gasteiger partial charge in [0.05, 0.1) is 5.38 Å². The molecule has 0 aromatic heterocycles. The second-order valence-corrected chi connectivity index (χ2v) is 7.06. The molecule has 5 atom stereocenters. The molecule has 19 heavy (non-hydrogen) atoms. The van der Waals surface area contributed by atoms with Crippen LogP contribution in [0.25, 0.3) is 0 Å². The maximum atomic E-state index is 13.9. The van der Waals surface area contributed by atoms with Crippen LogP contribution in [-0.2, 0) is 0 Å². The van der Waals surface area contributed by atoms with Crippen molar-refractivity contribution < 1.29 is 8.78 Å². The number of alkyl halides is 1. The molecule has 0 radical (unpaired) electrons. The Morgan fingerprint density at radius 3 is 2.37 bits per heavy atom. The standard InChI is InChI=1S/C16H17ClF2/c1-7-4-10(12(19)6-11(7)18)16(17)15-13-8-2-3-9(5-8)14(13)15/h4,6,8-9,13-16H,2-3,5H2,1H3. The Labute approximate surface area is 117 Å². The van der Waals surface area contributed by atoms with Crippen LogP contribution in [0.2, 0.25) is 0 Å². The SMILES string of the molecule is Cc1cc(C(Cl)C2C3C4CCC(C4)C32)c(F)cc1F. The van der Waals surface area contributed by atoms with E-state index in [1.54, 1.807) is 13.0 Å². The van der Waals surface area contributed by atoms with Gasteiger partial charge in [0.15, 0.2) is 0 Å². The van der Waals surface area contributed by atoms with Crippen LogP contribution in [-0.4, -0.2) is 0 Å². The Morgan fingerprint density at radius 2 is 1.74 bits per heavy atom. The lowest BCUT2D eigenvalue weighted by atomic mass is 9.96. The van der Waals surface area contributed by atoms with Crippen molar-refractivity contribution in [3.8, 4) is 0 Å². The zero-order valence-electron chi connectivity index (χ0n) is 10.9. The summed E-state index contributed by atoms with van der Waals surface area (Å²) in [5, 5.41) is -0.280. The topological polar surface area (TPSA) is 0 Å². The molecule has 3 saturated carbocycles. The average molecular weight is 283 g/mol. The minimum absolute atomic E-state index is 0.280. The molecule has 0 N–H and O–H groups in total. The quantitative estimate of drug-likeness (QED) is 0.681. The lowest BCUT2D eigenvalue weighted by Crippen LogP contribution is -2.06. The number of benzene rings is 1. The van der Waals surface area contributed by atoms with Crippen LogP contribution in [0.15, 0.2) is 12.1 Å². The van der Waals surface area contributed by atoms with Crippen LogP contribution in [0.1, 0.15) is 35.8 Å². The van der Waals surface area contributed by atoms with Gasteiger partial charge in [-0.25, -0.2) is 8.78 Å². The van der Waals surface area contributed by atoms with E-state index in [1.165, 1.54) is 19.3 Å². The zero-order chi connectivity index (χ0) is 13.3. The molecule has 4 rings (SSSR count). The molecule has 0 saturated heterocycles. The van der Waals surface area contributed by atoms with Crippen LogP contribution >= 0.6 is 11.6 Å². The van der Waals surface area contributed by atoms with Crippen molar-refractivity contribution in [1.29, 1.82) is 0 Å². The van der Waals surface area contributed by atoms with E-state index in [2.05, 4.69) is 0 Å². The fourth-order valence-electron chi connectivity index (χ4n) is 4.88. The Morgan fingerprint density at radius 1 is 1.11 bits per heavy atom. The molecular weight excluding hydrogens is 266 g/mol. The first-order valence-corrected chi connectivity index (χ1v) is 7.61. The number of hydrogen-bond donors (Lipinski definition) is 0. The second-order valence-electron chi connectivity index (χ2n) is 6.59. The van der Waals surface area contributed by atoms with Gasteiger partial charge in [0.2, 0.25) is 0 Å². The molecule has 0 spiro atoms. The predicted molar refractivity (Wildman–Crippen MR) is 71.0 cm³/mol.